The molecule has 3 aromatic carbocycles. The summed E-state index contributed by atoms with van der Waals surface area (Å²) in [5, 5.41) is 5.41. The van der Waals surface area contributed by atoms with E-state index in [9.17, 15) is 19.2 Å². The van der Waals surface area contributed by atoms with Gasteiger partial charge in [0.05, 0.1) is 10.7 Å². The van der Waals surface area contributed by atoms with Crippen LogP contribution in [-0.4, -0.2) is 30.4 Å². The number of hydrogen-bond acceptors (Lipinski definition) is 5. The van der Waals surface area contributed by atoms with Crippen molar-refractivity contribution in [1.82, 2.24) is 5.32 Å². The van der Waals surface area contributed by atoms with E-state index in [0.717, 1.165) is 10.5 Å². The molecule has 0 bridgehead atoms. The number of rotatable bonds is 6. The zero-order chi connectivity index (χ0) is 26.7. The number of carbonyl (C=O) groups is 4. The van der Waals surface area contributed by atoms with Crippen LogP contribution >= 0.6 is 23.2 Å². The van der Waals surface area contributed by atoms with Crippen LogP contribution in [0.3, 0.4) is 0 Å². The Labute approximate surface area is 222 Å². The minimum absolute atomic E-state index is 0.167. The first-order valence-corrected chi connectivity index (χ1v) is 11.8. The Kier molecular flexibility index (Phi) is 7.61. The number of barbiturate groups is 1. The molecule has 0 spiro atoms. The van der Waals surface area contributed by atoms with Crippen LogP contribution in [0.2, 0.25) is 10.0 Å². The molecule has 0 radical (unpaired) electrons. The largest absolute Gasteiger partial charge is 0.482 e. The van der Waals surface area contributed by atoms with Gasteiger partial charge in [0.15, 0.2) is 6.61 Å². The summed E-state index contributed by atoms with van der Waals surface area (Å²) >= 11 is 12.4. The number of amides is 5. The minimum Gasteiger partial charge on any atom is -0.482 e. The summed E-state index contributed by atoms with van der Waals surface area (Å²) in [5.74, 6) is -1.76. The minimum atomic E-state index is -0.872. The lowest BCUT2D eigenvalue weighted by Crippen LogP contribution is -2.54. The number of aryl methyl sites for hydroxylation is 2. The lowest BCUT2D eigenvalue weighted by atomic mass is 10.1. The molecule has 1 saturated heterocycles. The van der Waals surface area contributed by atoms with E-state index in [2.05, 4.69) is 10.6 Å². The van der Waals surface area contributed by atoms with Crippen molar-refractivity contribution in [2.75, 3.05) is 16.8 Å². The molecule has 10 heteroatoms. The number of benzene rings is 3. The summed E-state index contributed by atoms with van der Waals surface area (Å²) in [6.07, 6.45) is 1.32. The lowest BCUT2D eigenvalue weighted by Gasteiger charge is -2.27. The maximum Gasteiger partial charge on any atom is 0.335 e. The summed E-state index contributed by atoms with van der Waals surface area (Å²) < 4.78 is 5.53. The molecule has 0 saturated carbocycles. The fourth-order valence-corrected chi connectivity index (χ4v) is 4.06. The van der Waals surface area contributed by atoms with Crippen LogP contribution in [-0.2, 0) is 14.4 Å². The molecule has 0 aromatic heterocycles. The molecule has 37 heavy (non-hydrogen) atoms. The van der Waals surface area contributed by atoms with Crippen molar-refractivity contribution in [3.8, 4) is 5.75 Å². The number of urea groups is 1. The van der Waals surface area contributed by atoms with Crippen LogP contribution in [0.15, 0.2) is 66.2 Å². The normalized spacial score (nSPS) is 14.5. The first-order valence-electron chi connectivity index (χ1n) is 11.1. The molecule has 8 nitrogen and oxygen atoms in total. The van der Waals surface area contributed by atoms with Gasteiger partial charge in [-0.15, -0.1) is 0 Å². The SMILES string of the molecule is Cc1cccc(NC(=O)COc2ccc(/C=C3\C(=O)NC(=O)N(c4cc(Cl)ccc4C)C3=O)cc2Cl)c1. The van der Waals surface area contributed by atoms with Gasteiger partial charge in [0.2, 0.25) is 0 Å². The van der Waals surface area contributed by atoms with Gasteiger partial charge < -0.3 is 10.1 Å². The third-order valence-electron chi connectivity index (χ3n) is 5.44. The van der Waals surface area contributed by atoms with E-state index in [1.54, 1.807) is 31.2 Å². The van der Waals surface area contributed by atoms with E-state index in [1.165, 1.54) is 24.3 Å². The molecule has 1 heterocycles. The molecular weight excluding hydrogens is 517 g/mol. The number of nitrogens with one attached hydrogen (secondary N) is 2. The maximum atomic E-state index is 13.1. The number of ether oxygens (including phenoxy) is 1. The Morgan fingerprint density at radius 1 is 1.03 bits per heavy atom. The number of anilines is 2. The van der Waals surface area contributed by atoms with Gasteiger partial charge in [0.25, 0.3) is 17.7 Å². The molecule has 0 atom stereocenters. The molecule has 0 aliphatic carbocycles. The van der Waals surface area contributed by atoms with E-state index in [0.29, 0.717) is 21.8 Å². The highest BCUT2D eigenvalue weighted by Gasteiger charge is 2.37. The van der Waals surface area contributed by atoms with Crippen molar-refractivity contribution < 1.29 is 23.9 Å². The van der Waals surface area contributed by atoms with Crippen LogP contribution in [0, 0.1) is 13.8 Å². The molecule has 4 rings (SSSR count). The fraction of sp³-hybridized carbons (Fsp3) is 0.111. The average Bonchev–Trinajstić information content (AvgIpc) is 2.83. The molecule has 188 valence electrons. The van der Waals surface area contributed by atoms with Gasteiger partial charge in [-0.05, 0) is 73.0 Å². The second-order valence-electron chi connectivity index (χ2n) is 8.28. The van der Waals surface area contributed by atoms with Gasteiger partial charge in [0.1, 0.15) is 11.3 Å². The van der Waals surface area contributed by atoms with E-state index >= 15 is 0 Å². The Hall–Kier alpha value is -4.14. The Morgan fingerprint density at radius 2 is 1.81 bits per heavy atom. The number of nitrogens with zero attached hydrogens (tertiary/aromatic N) is 1. The van der Waals surface area contributed by atoms with Crippen LogP contribution in [0.25, 0.3) is 6.08 Å². The zero-order valence-electron chi connectivity index (χ0n) is 19.8. The van der Waals surface area contributed by atoms with Gasteiger partial charge in [-0.2, -0.15) is 0 Å². The molecule has 0 unspecified atom stereocenters. The van der Waals surface area contributed by atoms with Crippen LogP contribution in [0.4, 0.5) is 16.2 Å². The molecule has 2 N–H and O–H groups in total. The zero-order valence-corrected chi connectivity index (χ0v) is 21.3. The highest BCUT2D eigenvalue weighted by molar-refractivity contribution is 6.40. The number of imide groups is 2. The summed E-state index contributed by atoms with van der Waals surface area (Å²) in [6, 6.07) is 15.8. The number of carbonyl (C=O) groups excluding carboxylic acids is 4. The average molecular weight is 538 g/mol. The van der Waals surface area contributed by atoms with E-state index in [-0.39, 0.29) is 34.5 Å². The predicted molar refractivity (Wildman–Crippen MR) is 142 cm³/mol. The van der Waals surface area contributed by atoms with Crippen molar-refractivity contribution in [3.05, 3.63) is 93.0 Å². The van der Waals surface area contributed by atoms with Crippen molar-refractivity contribution in [2.24, 2.45) is 0 Å². The molecule has 5 amide bonds. The summed E-state index contributed by atoms with van der Waals surface area (Å²) in [5.41, 5.74) is 2.69. The smallest absolute Gasteiger partial charge is 0.335 e. The van der Waals surface area contributed by atoms with Crippen molar-refractivity contribution in [2.45, 2.75) is 13.8 Å². The highest BCUT2D eigenvalue weighted by Crippen LogP contribution is 2.30. The first-order chi connectivity index (χ1) is 17.6. The van der Waals surface area contributed by atoms with Gasteiger partial charge >= 0.3 is 6.03 Å². The third kappa shape index (κ3) is 5.99. The lowest BCUT2D eigenvalue weighted by molar-refractivity contribution is -0.122. The molecule has 1 aliphatic heterocycles. The molecule has 3 aromatic rings. The summed E-state index contributed by atoms with van der Waals surface area (Å²) in [4.78, 5) is 51.2. The fourth-order valence-electron chi connectivity index (χ4n) is 3.65. The third-order valence-corrected chi connectivity index (χ3v) is 5.97. The van der Waals surface area contributed by atoms with Gasteiger partial charge in [-0.1, -0.05) is 47.5 Å². The first kappa shape index (κ1) is 25.9. The second-order valence-corrected chi connectivity index (χ2v) is 9.13. The Morgan fingerprint density at radius 3 is 2.54 bits per heavy atom. The predicted octanol–water partition coefficient (Wildman–Crippen LogP) is 5.29. The van der Waals surface area contributed by atoms with Crippen molar-refractivity contribution in [3.63, 3.8) is 0 Å². The van der Waals surface area contributed by atoms with Crippen LogP contribution in [0.1, 0.15) is 16.7 Å². The Balaban J connectivity index is 1.50. The van der Waals surface area contributed by atoms with Crippen LogP contribution in [0.5, 0.6) is 5.75 Å². The van der Waals surface area contributed by atoms with Crippen molar-refractivity contribution in [1.29, 1.82) is 0 Å². The summed E-state index contributed by atoms with van der Waals surface area (Å²) in [6.45, 7) is 3.36. The van der Waals surface area contributed by atoms with Crippen LogP contribution < -0.4 is 20.3 Å². The molecule has 1 aliphatic rings. The number of hydrogen-bond donors (Lipinski definition) is 2. The highest BCUT2D eigenvalue weighted by atomic mass is 35.5. The van der Waals surface area contributed by atoms with E-state index in [1.807, 2.05) is 25.1 Å². The molecular formula is C27H21Cl2N3O5. The molecule has 1 fully saturated rings. The second kappa shape index (κ2) is 10.9. The summed E-state index contributed by atoms with van der Waals surface area (Å²) in [7, 11) is 0. The van der Waals surface area contributed by atoms with E-state index in [4.69, 9.17) is 27.9 Å². The topological polar surface area (TPSA) is 105 Å². The van der Waals surface area contributed by atoms with Gasteiger partial charge in [-0.3, -0.25) is 19.7 Å². The quantitative estimate of drug-likeness (QED) is 0.328. The standard InChI is InChI=1S/C27H21Cl2N3O5/c1-15-4-3-5-19(10-15)30-24(33)14-37-23-9-7-17(12-21(23)29)11-20-25(34)31-27(36)32(26(20)35)22-13-18(28)8-6-16(22)2/h3-13H,14H2,1-2H3,(H,30,33)(H,31,34,36)/b20-11+. The Bertz CT molecular complexity index is 1470. The maximum absolute atomic E-state index is 13.1. The van der Waals surface area contributed by atoms with Gasteiger partial charge in [0, 0.05) is 10.7 Å². The van der Waals surface area contributed by atoms with Gasteiger partial charge in [-0.25, -0.2) is 9.69 Å². The monoisotopic (exact) mass is 537 g/mol. The number of halogens is 2. The van der Waals surface area contributed by atoms with E-state index < -0.39 is 17.8 Å². The van der Waals surface area contributed by atoms with Crippen molar-refractivity contribution >= 4 is 64.4 Å².